The van der Waals surface area contributed by atoms with Crippen molar-refractivity contribution in [3.63, 3.8) is 0 Å². The maximum atomic E-state index is 5.51. The van der Waals surface area contributed by atoms with E-state index in [9.17, 15) is 0 Å². The van der Waals surface area contributed by atoms with Crippen LogP contribution in [-0.4, -0.2) is 60.0 Å². The molecule has 3 fully saturated rings. The van der Waals surface area contributed by atoms with E-state index in [1.165, 1.54) is 32.4 Å². The van der Waals surface area contributed by atoms with Crippen LogP contribution in [0.15, 0.2) is 5.51 Å². The molecule has 4 heterocycles. The largest absolute Gasteiger partial charge is 0.381 e. The first-order valence-electron chi connectivity index (χ1n) is 7.26. The van der Waals surface area contributed by atoms with Crippen LogP contribution in [0.3, 0.4) is 0 Å². The molecule has 5 nitrogen and oxygen atoms in total. The molecule has 1 aromatic rings. The molecule has 6 heteroatoms. The summed E-state index contributed by atoms with van der Waals surface area (Å²) in [5, 5.41) is 9.33. The highest BCUT2D eigenvalue weighted by Crippen LogP contribution is 2.36. The normalized spacial score (nSPS) is 35.2. The van der Waals surface area contributed by atoms with Crippen molar-refractivity contribution < 1.29 is 4.74 Å². The van der Waals surface area contributed by atoms with Crippen LogP contribution in [0.25, 0.3) is 0 Å². The first-order valence-corrected chi connectivity index (χ1v) is 8.14. The van der Waals surface area contributed by atoms with E-state index in [2.05, 4.69) is 20.0 Å². The lowest BCUT2D eigenvalue weighted by atomic mass is 10.1. The number of hydrogen-bond donors (Lipinski definition) is 0. The number of aromatic nitrogens is 2. The molecule has 0 unspecified atom stereocenters. The van der Waals surface area contributed by atoms with Gasteiger partial charge < -0.3 is 9.64 Å². The zero-order chi connectivity index (χ0) is 12.7. The van der Waals surface area contributed by atoms with E-state index in [4.69, 9.17) is 4.74 Å². The first kappa shape index (κ1) is 12.1. The zero-order valence-corrected chi connectivity index (χ0v) is 11.9. The Kier molecular flexibility index (Phi) is 3.17. The van der Waals surface area contributed by atoms with Crippen molar-refractivity contribution >= 4 is 16.5 Å². The predicted octanol–water partition coefficient (Wildman–Crippen LogP) is 1.23. The highest BCUT2D eigenvalue weighted by molar-refractivity contribution is 7.13. The van der Waals surface area contributed by atoms with Crippen molar-refractivity contribution in [1.82, 2.24) is 15.1 Å². The van der Waals surface area contributed by atoms with Gasteiger partial charge >= 0.3 is 0 Å². The number of anilines is 1. The molecule has 0 aromatic carbocycles. The summed E-state index contributed by atoms with van der Waals surface area (Å²) in [6, 6.07) is 1.39. The summed E-state index contributed by atoms with van der Waals surface area (Å²) in [7, 11) is 0. The fourth-order valence-corrected chi connectivity index (χ4v) is 4.54. The van der Waals surface area contributed by atoms with Crippen LogP contribution in [0.5, 0.6) is 0 Å². The van der Waals surface area contributed by atoms with Gasteiger partial charge in [0.05, 0.1) is 6.61 Å². The van der Waals surface area contributed by atoms with E-state index in [1.54, 1.807) is 11.3 Å². The molecule has 0 amide bonds. The lowest BCUT2D eigenvalue weighted by Crippen LogP contribution is -2.38. The summed E-state index contributed by atoms with van der Waals surface area (Å²) < 4.78 is 5.51. The molecule has 0 spiro atoms. The Balaban J connectivity index is 1.43. The Morgan fingerprint density at radius 2 is 2.21 bits per heavy atom. The molecule has 104 valence electrons. The topological polar surface area (TPSA) is 41.5 Å². The molecule has 3 atom stereocenters. The third-order valence-electron chi connectivity index (χ3n) is 4.80. The number of likely N-dealkylation sites (tertiary alicyclic amines) is 1. The highest BCUT2D eigenvalue weighted by atomic mass is 32.1. The SMILES string of the molecule is c1nnc(N2CC[C@@H]3[C@@H]2CCN3C[C@@H]2CCOC2)s1. The Bertz CT molecular complexity index is 420. The molecule has 0 radical (unpaired) electrons. The Morgan fingerprint density at radius 1 is 1.26 bits per heavy atom. The van der Waals surface area contributed by atoms with E-state index < -0.39 is 0 Å². The number of nitrogens with zero attached hydrogens (tertiary/aromatic N) is 4. The minimum Gasteiger partial charge on any atom is -0.381 e. The molecule has 1 aromatic heterocycles. The third kappa shape index (κ3) is 2.15. The summed E-state index contributed by atoms with van der Waals surface area (Å²) in [4.78, 5) is 5.18. The fourth-order valence-electron chi connectivity index (χ4n) is 3.89. The Labute approximate surface area is 117 Å². The molecule has 4 rings (SSSR count). The van der Waals surface area contributed by atoms with Crippen LogP contribution in [0.2, 0.25) is 0 Å². The molecule has 3 aliphatic rings. The Hall–Kier alpha value is -0.720. The van der Waals surface area contributed by atoms with Gasteiger partial charge in [-0.25, -0.2) is 0 Å². The average molecular weight is 280 g/mol. The van der Waals surface area contributed by atoms with Gasteiger partial charge in [-0.15, -0.1) is 10.2 Å². The van der Waals surface area contributed by atoms with Gasteiger partial charge in [-0.05, 0) is 25.2 Å². The van der Waals surface area contributed by atoms with Crippen LogP contribution in [0, 0.1) is 5.92 Å². The van der Waals surface area contributed by atoms with Crippen molar-refractivity contribution in [2.75, 3.05) is 37.7 Å². The number of fused-ring (bicyclic) bond motifs is 1. The van der Waals surface area contributed by atoms with Crippen molar-refractivity contribution in [1.29, 1.82) is 0 Å². The Morgan fingerprint density at radius 3 is 3.00 bits per heavy atom. The molecular formula is C13H20N4OS. The predicted molar refractivity (Wildman–Crippen MR) is 74.6 cm³/mol. The van der Waals surface area contributed by atoms with E-state index in [1.807, 2.05) is 5.51 Å². The van der Waals surface area contributed by atoms with Gasteiger partial charge in [0.1, 0.15) is 5.51 Å². The summed E-state index contributed by atoms with van der Waals surface area (Å²) >= 11 is 1.67. The van der Waals surface area contributed by atoms with Gasteiger partial charge in [0.15, 0.2) is 0 Å². The molecule has 19 heavy (non-hydrogen) atoms. The lowest BCUT2D eigenvalue weighted by Gasteiger charge is -2.26. The molecular weight excluding hydrogens is 260 g/mol. The molecule has 0 bridgehead atoms. The van der Waals surface area contributed by atoms with E-state index in [0.29, 0.717) is 6.04 Å². The average Bonchev–Trinajstić information content (AvgIpc) is 3.15. The van der Waals surface area contributed by atoms with Crippen molar-refractivity contribution in [3.05, 3.63) is 5.51 Å². The van der Waals surface area contributed by atoms with Gasteiger partial charge in [0.2, 0.25) is 5.13 Å². The number of hydrogen-bond acceptors (Lipinski definition) is 6. The smallest absolute Gasteiger partial charge is 0.208 e. The first-order chi connectivity index (χ1) is 9.42. The lowest BCUT2D eigenvalue weighted by molar-refractivity contribution is 0.162. The minimum atomic E-state index is 0.662. The van der Waals surface area contributed by atoms with Gasteiger partial charge in [-0.3, -0.25) is 4.90 Å². The van der Waals surface area contributed by atoms with Gasteiger partial charge in [-0.2, -0.15) is 0 Å². The minimum absolute atomic E-state index is 0.662. The maximum Gasteiger partial charge on any atom is 0.208 e. The summed E-state index contributed by atoms with van der Waals surface area (Å²) in [5.41, 5.74) is 1.84. The van der Waals surface area contributed by atoms with Crippen molar-refractivity contribution in [2.45, 2.75) is 31.3 Å². The van der Waals surface area contributed by atoms with E-state index >= 15 is 0 Å². The van der Waals surface area contributed by atoms with E-state index in [-0.39, 0.29) is 0 Å². The summed E-state index contributed by atoms with van der Waals surface area (Å²) in [6.07, 6.45) is 3.80. The molecule has 0 N–H and O–H groups in total. The van der Waals surface area contributed by atoms with Crippen LogP contribution in [0.4, 0.5) is 5.13 Å². The number of rotatable bonds is 3. The van der Waals surface area contributed by atoms with E-state index in [0.717, 1.165) is 36.8 Å². The summed E-state index contributed by atoms with van der Waals surface area (Å²) in [5.74, 6) is 0.759. The second-order valence-corrected chi connectivity index (χ2v) is 6.66. The second-order valence-electron chi connectivity index (χ2n) is 5.85. The standard InChI is InChI=1S/C13H20N4OS/c1-4-16(7-10-3-6-18-8-10)11-2-5-17(12(1)11)13-15-14-9-19-13/h9-12H,1-8H2/t10-,11+,12-/m0/s1. The van der Waals surface area contributed by atoms with Gasteiger partial charge in [0.25, 0.3) is 0 Å². The highest BCUT2D eigenvalue weighted by Gasteiger charge is 2.43. The van der Waals surface area contributed by atoms with Crippen LogP contribution < -0.4 is 4.90 Å². The number of ether oxygens (including phenoxy) is 1. The molecule has 0 aliphatic carbocycles. The third-order valence-corrected chi connectivity index (χ3v) is 5.53. The maximum absolute atomic E-state index is 5.51. The quantitative estimate of drug-likeness (QED) is 0.833. The van der Waals surface area contributed by atoms with Crippen molar-refractivity contribution in [3.8, 4) is 0 Å². The molecule has 3 saturated heterocycles. The van der Waals surface area contributed by atoms with Crippen LogP contribution in [0.1, 0.15) is 19.3 Å². The fraction of sp³-hybridized carbons (Fsp3) is 0.846. The second kappa shape index (κ2) is 5.00. The zero-order valence-electron chi connectivity index (χ0n) is 11.1. The molecule has 3 aliphatic heterocycles. The van der Waals surface area contributed by atoms with Crippen LogP contribution in [-0.2, 0) is 4.74 Å². The van der Waals surface area contributed by atoms with Crippen LogP contribution >= 0.6 is 11.3 Å². The van der Waals surface area contributed by atoms with Crippen molar-refractivity contribution in [2.24, 2.45) is 5.92 Å². The summed E-state index contributed by atoms with van der Waals surface area (Å²) in [6.45, 7) is 5.53. The monoisotopic (exact) mass is 280 g/mol. The molecule has 0 saturated carbocycles. The van der Waals surface area contributed by atoms with Gasteiger partial charge in [-0.1, -0.05) is 11.3 Å². The van der Waals surface area contributed by atoms with Gasteiger partial charge in [0, 0.05) is 38.3 Å².